The molecule has 5 atom stereocenters. The van der Waals surface area contributed by atoms with Crippen molar-refractivity contribution in [2.24, 2.45) is 11.8 Å². The number of nitrogens with zero attached hydrogens (tertiary/aromatic N) is 1. The van der Waals surface area contributed by atoms with Gasteiger partial charge in [0, 0.05) is 41.8 Å². The predicted molar refractivity (Wildman–Crippen MR) is 104 cm³/mol. The second kappa shape index (κ2) is 5.99. The number of hydrogen-bond acceptors (Lipinski definition) is 4. The molecule has 5 heteroatoms. The molecule has 4 bridgehead atoms. The largest absolute Gasteiger partial charge is 0.497 e. The maximum atomic E-state index is 13.4. The van der Waals surface area contributed by atoms with Gasteiger partial charge >= 0.3 is 5.97 Å². The van der Waals surface area contributed by atoms with Crippen LogP contribution >= 0.6 is 0 Å². The van der Waals surface area contributed by atoms with Crippen LogP contribution in [0, 0.1) is 11.8 Å². The quantitative estimate of drug-likeness (QED) is 0.845. The maximum Gasteiger partial charge on any atom is 0.319 e. The van der Waals surface area contributed by atoms with E-state index in [9.17, 15) is 4.79 Å². The number of carbonyl (C=O) groups excluding carboxylic acids is 1. The summed E-state index contributed by atoms with van der Waals surface area (Å²) in [5, 5.41) is 1.21. The van der Waals surface area contributed by atoms with E-state index >= 15 is 0 Å². The predicted octanol–water partition coefficient (Wildman–Crippen LogP) is 3.26. The van der Waals surface area contributed by atoms with Crippen LogP contribution in [0.25, 0.3) is 10.9 Å². The van der Waals surface area contributed by atoms with Gasteiger partial charge < -0.3 is 14.5 Å². The van der Waals surface area contributed by atoms with Crippen LogP contribution in [0.5, 0.6) is 5.75 Å². The third-order valence-electron chi connectivity index (χ3n) is 7.37. The second-order valence-electron chi connectivity index (χ2n) is 8.52. The van der Waals surface area contributed by atoms with Gasteiger partial charge in [0.05, 0.1) is 14.2 Å². The normalized spacial score (nSPS) is 34.2. The maximum absolute atomic E-state index is 13.4. The van der Waals surface area contributed by atoms with Gasteiger partial charge in [-0.1, -0.05) is 13.3 Å². The fourth-order valence-corrected chi connectivity index (χ4v) is 6.43. The van der Waals surface area contributed by atoms with Gasteiger partial charge in [0.2, 0.25) is 0 Å². The van der Waals surface area contributed by atoms with Gasteiger partial charge in [0.1, 0.15) is 11.2 Å². The average Bonchev–Trinajstić information content (AvgIpc) is 3.04. The lowest BCUT2D eigenvalue weighted by Gasteiger charge is -2.57. The summed E-state index contributed by atoms with van der Waals surface area (Å²) in [4.78, 5) is 19.6. The van der Waals surface area contributed by atoms with Crippen LogP contribution < -0.4 is 4.74 Å². The van der Waals surface area contributed by atoms with E-state index in [2.05, 4.69) is 22.9 Å². The van der Waals surface area contributed by atoms with Crippen LogP contribution in [-0.4, -0.2) is 49.2 Å². The third-order valence-corrected chi connectivity index (χ3v) is 7.37. The van der Waals surface area contributed by atoms with E-state index in [4.69, 9.17) is 9.47 Å². The highest BCUT2D eigenvalue weighted by Gasteiger charge is 2.62. The van der Waals surface area contributed by atoms with Crippen molar-refractivity contribution in [3.05, 3.63) is 29.5 Å². The van der Waals surface area contributed by atoms with Crippen molar-refractivity contribution in [1.29, 1.82) is 0 Å². The molecule has 144 valence electrons. The highest BCUT2D eigenvalue weighted by molar-refractivity contribution is 5.92. The molecule has 1 saturated carbocycles. The van der Waals surface area contributed by atoms with Gasteiger partial charge in [0.15, 0.2) is 0 Å². The van der Waals surface area contributed by atoms with Crippen molar-refractivity contribution in [3.63, 3.8) is 0 Å². The number of methoxy groups -OCH3 is 2. The van der Waals surface area contributed by atoms with Gasteiger partial charge in [-0.2, -0.15) is 0 Å². The first kappa shape index (κ1) is 17.1. The zero-order valence-electron chi connectivity index (χ0n) is 16.4. The van der Waals surface area contributed by atoms with E-state index in [1.54, 1.807) is 14.2 Å². The van der Waals surface area contributed by atoms with Crippen molar-refractivity contribution in [2.45, 2.75) is 44.1 Å². The number of H-pyrrole nitrogens is 1. The van der Waals surface area contributed by atoms with Crippen molar-refractivity contribution < 1.29 is 14.3 Å². The summed E-state index contributed by atoms with van der Waals surface area (Å²) in [6, 6.07) is 6.43. The molecule has 1 aliphatic carbocycles. The zero-order valence-corrected chi connectivity index (χ0v) is 16.4. The molecule has 0 spiro atoms. The number of ether oxygens (including phenoxy) is 2. The Labute approximate surface area is 160 Å². The topological polar surface area (TPSA) is 54.6 Å². The Kier molecular flexibility index (Phi) is 3.80. The lowest BCUT2D eigenvalue weighted by molar-refractivity contribution is -0.162. The molecular formula is C22H28N2O3. The molecule has 1 N–H and O–H groups in total. The number of nitrogens with one attached hydrogen (secondary N) is 1. The minimum atomic E-state index is -0.575. The molecule has 0 amide bonds. The van der Waals surface area contributed by atoms with Crippen LogP contribution in [0.1, 0.15) is 37.4 Å². The van der Waals surface area contributed by atoms with E-state index in [0.29, 0.717) is 11.8 Å². The van der Waals surface area contributed by atoms with Gasteiger partial charge in [-0.3, -0.25) is 9.69 Å². The molecule has 1 aromatic carbocycles. The Hall–Kier alpha value is -2.01. The molecule has 5 nitrogen and oxygen atoms in total. The molecule has 4 aliphatic rings. The smallest absolute Gasteiger partial charge is 0.319 e. The summed E-state index contributed by atoms with van der Waals surface area (Å²) in [6.07, 6.45) is 4.22. The summed E-state index contributed by atoms with van der Waals surface area (Å²) in [6.45, 7) is 4.40. The minimum Gasteiger partial charge on any atom is -0.497 e. The Morgan fingerprint density at radius 2 is 2.22 bits per heavy atom. The fourth-order valence-electron chi connectivity index (χ4n) is 6.43. The first-order valence-electron chi connectivity index (χ1n) is 10.1. The number of carbonyl (C=O) groups is 1. The van der Waals surface area contributed by atoms with E-state index in [1.165, 1.54) is 17.4 Å². The second-order valence-corrected chi connectivity index (χ2v) is 8.52. The van der Waals surface area contributed by atoms with E-state index in [0.717, 1.165) is 49.3 Å². The monoisotopic (exact) mass is 368 g/mol. The van der Waals surface area contributed by atoms with Crippen LogP contribution in [0.3, 0.4) is 0 Å². The first-order valence-corrected chi connectivity index (χ1v) is 10.1. The van der Waals surface area contributed by atoms with Crippen LogP contribution in [0.15, 0.2) is 18.2 Å². The number of hydrogen-bond donors (Lipinski definition) is 1. The van der Waals surface area contributed by atoms with Gasteiger partial charge in [-0.05, 0) is 48.8 Å². The molecule has 4 heterocycles. The number of aromatic amines is 1. The molecule has 1 aromatic heterocycles. The summed E-state index contributed by atoms with van der Waals surface area (Å²) >= 11 is 0. The standard InChI is InChI=1S/C22H28N2O3/c1-4-14-9-13-11-22(21(25)27-3)19-17(7-8-24(12-13)20(14)22)16-6-5-15(26-2)10-18(16)23-19/h5-6,10,13-14,20,23H,4,7-9,11-12H2,1-3H3/t13?,14-,20?,22+/m0/s1. The zero-order chi connectivity index (χ0) is 18.8. The van der Waals surface area contributed by atoms with Crippen molar-refractivity contribution >= 4 is 16.9 Å². The Morgan fingerprint density at radius 1 is 1.37 bits per heavy atom. The molecule has 3 unspecified atom stereocenters. The van der Waals surface area contributed by atoms with E-state index in [-0.39, 0.29) is 12.0 Å². The van der Waals surface area contributed by atoms with Gasteiger partial charge in [0.25, 0.3) is 0 Å². The molecule has 0 radical (unpaired) electrons. The molecule has 2 saturated heterocycles. The molecule has 27 heavy (non-hydrogen) atoms. The first-order chi connectivity index (χ1) is 13.1. The summed E-state index contributed by atoms with van der Waals surface area (Å²) in [7, 11) is 3.23. The van der Waals surface area contributed by atoms with Crippen LogP contribution in [-0.2, 0) is 21.4 Å². The molecule has 2 aromatic rings. The van der Waals surface area contributed by atoms with E-state index in [1.807, 2.05) is 12.1 Å². The third kappa shape index (κ3) is 2.18. The number of esters is 1. The summed E-state index contributed by atoms with van der Waals surface area (Å²) in [5.41, 5.74) is 2.88. The number of piperidine rings is 2. The highest BCUT2D eigenvalue weighted by Crippen LogP contribution is 2.55. The number of fused-ring (bicyclic) bond motifs is 4. The van der Waals surface area contributed by atoms with E-state index < -0.39 is 5.41 Å². The number of rotatable bonds is 3. The Bertz CT molecular complexity index is 904. The molecule has 3 fully saturated rings. The van der Waals surface area contributed by atoms with Crippen LogP contribution in [0.2, 0.25) is 0 Å². The van der Waals surface area contributed by atoms with Crippen molar-refractivity contribution in [2.75, 3.05) is 27.3 Å². The SMILES string of the molecule is CC[C@H]1CC2CN3CCc4c([nH]c5cc(OC)ccc45)[C@](C(=O)OC)(C2)C13. The molecule has 3 aliphatic heterocycles. The average molecular weight is 368 g/mol. The van der Waals surface area contributed by atoms with Crippen molar-refractivity contribution in [1.82, 2.24) is 9.88 Å². The van der Waals surface area contributed by atoms with Gasteiger partial charge in [-0.25, -0.2) is 0 Å². The fraction of sp³-hybridized carbons (Fsp3) is 0.591. The number of benzene rings is 1. The van der Waals surface area contributed by atoms with Crippen molar-refractivity contribution in [3.8, 4) is 5.75 Å². The molecule has 6 rings (SSSR count). The van der Waals surface area contributed by atoms with Gasteiger partial charge in [-0.15, -0.1) is 0 Å². The number of aromatic nitrogens is 1. The minimum absolute atomic E-state index is 0.0676. The summed E-state index contributed by atoms with van der Waals surface area (Å²) < 4.78 is 10.9. The summed E-state index contributed by atoms with van der Waals surface area (Å²) in [5.74, 6) is 1.88. The van der Waals surface area contributed by atoms with Crippen LogP contribution in [0.4, 0.5) is 0 Å². The Morgan fingerprint density at radius 3 is 2.96 bits per heavy atom. The lowest BCUT2D eigenvalue weighted by Crippen LogP contribution is -2.67. The highest BCUT2D eigenvalue weighted by atomic mass is 16.5. The Balaban J connectivity index is 1.78. The lowest BCUT2D eigenvalue weighted by atomic mass is 9.56. The molecular weight excluding hydrogens is 340 g/mol.